The molecule has 0 bridgehead atoms. The first-order valence-electron chi connectivity index (χ1n) is 11.6. The third-order valence-electron chi connectivity index (χ3n) is 5.90. The summed E-state index contributed by atoms with van der Waals surface area (Å²) < 4.78 is 11.8. The number of ether oxygens (including phenoxy) is 2. The van der Waals surface area contributed by atoms with Crippen LogP contribution < -0.4 is 10.9 Å². The minimum atomic E-state index is -0.486. The number of thiophene rings is 1. The number of carbonyl (C=O) groups is 3. The van der Waals surface area contributed by atoms with E-state index < -0.39 is 23.4 Å². The van der Waals surface area contributed by atoms with Crippen LogP contribution in [0.4, 0.5) is 5.69 Å². The molecule has 1 aromatic carbocycles. The van der Waals surface area contributed by atoms with E-state index in [9.17, 15) is 19.2 Å². The van der Waals surface area contributed by atoms with Gasteiger partial charge in [-0.2, -0.15) is 0 Å². The standard InChI is InChI=1S/C25H27N3O6S/c1-3-33-24(31)16-8-7-9-17(12-16)27-19(29)13-28-14-26-22-20(23(28)30)15(2)21(35-22)25(32)34-18-10-5-4-6-11-18/h7-9,12,14,18H,3-6,10-11,13H2,1-2H3,(H,27,29). The zero-order valence-electron chi connectivity index (χ0n) is 19.7. The maximum atomic E-state index is 13.1. The molecule has 2 aromatic heterocycles. The van der Waals surface area contributed by atoms with E-state index in [1.807, 2.05) is 0 Å². The third-order valence-corrected chi connectivity index (χ3v) is 7.08. The predicted molar refractivity (Wildman–Crippen MR) is 132 cm³/mol. The van der Waals surface area contributed by atoms with Crippen molar-refractivity contribution in [3.8, 4) is 0 Å². The molecule has 0 spiro atoms. The molecule has 1 amide bonds. The Morgan fingerprint density at radius 3 is 2.69 bits per heavy atom. The van der Waals surface area contributed by atoms with Gasteiger partial charge >= 0.3 is 11.9 Å². The molecule has 0 aliphatic heterocycles. The lowest BCUT2D eigenvalue weighted by Gasteiger charge is -2.21. The van der Waals surface area contributed by atoms with Crippen LogP contribution in [0.1, 0.15) is 64.6 Å². The zero-order valence-corrected chi connectivity index (χ0v) is 20.5. The average Bonchev–Trinajstić information content (AvgIpc) is 3.19. The quantitative estimate of drug-likeness (QED) is 0.489. The van der Waals surface area contributed by atoms with Crippen LogP contribution in [0.2, 0.25) is 0 Å². The zero-order chi connectivity index (χ0) is 24.9. The molecule has 0 saturated heterocycles. The van der Waals surface area contributed by atoms with Crippen molar-refractivity contribution in [1.82, 2.24) is 9.55 Å². The molecule has 0 atom stereocenters. The fourth-order valence-corrected chi connectivity index (χ4v) is 5.17. The van der Waals surface area contributed by atoms with Gasteiger partial charge in [-0.1, -0.05) is 12.5 Å². The highest BCUT2D eigenvalue weighted by molar-refractivity contribution is 7.20. The predicted octanol–water partition coefficient (Wildman–Crippen LogP) is 4.07. The van der Waals surface area contributed by atoms with Crippen molar-refractivity contribution in [2.45, 2.75) is 58.6 Å². The van der Waals surface area contributed by atoms with Crippen LogP contribution in [-0.2, 0) is 20.8 Å². The first-order valence-corrected chi connectivity index (χ1v) is 12.5. The smallest absolute Gasteiger partial charge is 0.348 e. The topological polar surface area (TPSA) is 117 Å². The van der Waals surface area contributed by atoms with E-state index in [2.05, 4.69) is 10.3 Å². The van der Waals surface area contributed by atoms with E-state index in [-0.39, 0.29) is 19.3 Å². The molecule has 2 heterocycles. The summed E-state index contributed by atoms with van der Waals surface area (Å²) in [5, 5.41) is 2.99. The van der Waals surface area contributed by atoms with Crippen molar-refractivity contribution in [2.24, 2.45) is 0 Å². The molecule has 1 aliphatic rings. The molecule has 0 unspecified atom stereocenters. The van der Waals surface area contributed by atoms with E-state index in [1.54, 1.807) is 32.0 Å². The number of carbonyl (C=O) groups excluding carboxylic acids is 3. The summed E-state index contributed by atoms with van der Waals surface area (Å²) >= 11 is 1.13. The lowest BCUT2D eigenvalue weighted by atomic mass is 9.98. The number of anilines is 1. The molecule has 10 heteroatoms. The number of esters is 2. The van der Waals surface area contributed by atoms with E-state index in [0.717, 1.165) is 43.4 Å². The van der Waals surface area contributed by atoms with Crippen LogP contribution in [0, 0.1) is 6.92 Å². The van der Waals surface area contributed by atoms with Crippen molar-refractivity contribution in [2.75, 3.05) is 11.9 Å². The normalized spacial score (nSPS) is 14.0. The Hall–Kier alpha value is -3.53. The number of nitrogens with one attached hydrogen (secondary N) is 1. The number of amides is 1. The Labute approximate surface area is 206 Å². The van der Waals surface area contributed by atoms with Gasteiger partial charge < -0.3 is 14.8 Å². The highest BCUT2D eigenvalue weighted by Gasteiger charge is 2.24. The second-order valence-electron chi connectivity index (χ2n) is 8.43. The molecule has 1 saturated carbocycles. The molecule has 184 valence electrons. The Morgan fingerprint density at radius 1 is 1.17 bits per heavy atom. The van der Waals surface area contributed by atoms with Crippen molar-refractivity contribution < 1.29 is 23.9 Å². The molecule has 4 rings (SSSR count). The number of aromatic nitrogens is 2. The molecule has 1 N–H and O–H groups in total. The molecule has 9 nitrogen and oxygen atoms in total. The van der Waals surface area contributed by atoms with E-state index in [4.69, 9.17) is 9.47 Å². The Morgan fingerprint density at radius 2 is 1.94 bits per heavy atom. The summed E-state index contributed by atoms with van der Waals surface area (Å²) in [6.45, 7) is 3.38. The number of hydrogen-bond acceptors (Lipinski definition) is 8. The van der Waals surface area contributed by atoms with Gasteiger partial charge in [-0.3, -0.25) is 14.2 Å². The third kappa shape index (κ3) is 5.59. The monoisotopic (exact) mass is 497 g/mol. The fraction of sp³-hybridized carbons (Fsp3) is 0.400. The van der Waals surface area contributed by atoms with Crippen LogP contribution in [0.15, 0.2) is 35.4 Å². The van der Waals surface area contributed by atoms with Gasteiger partial charge in [-0.05, 0) is 63.3 Å². The van der Waals surface area contributed by atoms with Crippen LogP contribution in [-0.4, -0.2) is 40.1 Å². The molecule has 0 radical (unpaired) electrons. The van der Waals surface area contributed by atoms with Gasteiger partial charge in [0.05, 0.1) is 23.9 Å². The van der Waals surface area contributed by atoms with Gasteiger partial charge in [0.25, 0.3) is 5.56 Å². The first-order chi connectivity index (χ1) is 16.9. The number of aryl methyl sites for hydroxylation is 1. The minimum absolute atomic E-state index is 0.0866. The van der Waals surface area contributed by atoms with Gasteiger partial charge in [-0.25, -0.2) is 14.6 Å². The lowest BCUT2D eigenvalue weighted by molar-refractivity contribution is -0.116. The molecule has 35 heavy (non-hydrogen) atoms. The number of rotatable bonds is 7. The molecule has 1 fully saturated rings. The van der Waals surface area contributed by atoms with E-state index in [0.29, 0.717) is 31.9 Å². The van der Waals surface area contributed by atoms with Crippen molar-refractivity contribution in [1.29, 1.82) is 0 Å². The van der Waals surface area contributed by atoms with E-state index in [1.165, 1.54) is 17.0 Å². The summed E-state index contributed by atoms with van der Waals surface area (Å²) in [5.74, 6) is -1.37. The molecule has 1 aliphatic carbocycles. The van der Waals surface area contributed by atoms with Gasteiger partial charge in [0.2, 0.25) is 5.91 Å². The van der Waals surface area contributed by atoms with Crippen molar-refractivity contribution in [3.05, 3.63) is 57.0 Å². The second kappa shape index (κ2) is 10.8. The van der Waals surface area contributed by atoms with Crippen LogP contribution in [0.5, 0.6) is 0 Å². The van der Waals surface area contributed by atoms with Gasteiger partial charge in [0, 0.05) is 5.69 Å². The minimum Gasteiger partial charge on any atom is -0.462 e. The summed E-state index contributed by atoms with van der Waals surface area (Å²) in [4.78, 5) is 55.5. The maximum absolute atomic E-state index is 13.1. The number of fused-ring (bicyclic) bond motifs is 1. The summed E-state index contributed by atoms with van der Waals surface area (Å²) in [5.41, 5.74) is 0.824. The van der Waals surface area contributed by atoms with Gasteiger partial charge in [-0.15, -0.1) is 11.3 Å². The van der Waals surface area contributed by atoms with Crippen LogP contribution in [0.25, 0.3) is 10.2 Å². The van der Waals surface area contributed by atoms with Gasteiger partial charge in [0.1, 0.15) is 22.4 Å². The highest BCUT2D eigenvalue weighted by atomic mass is 32.1. The van der Waals surface area contributed by atoms with Crippen molar-refractivity contribution in [3.63, 3.8) is 0 Å². The largest absolute Gasteiger partial charge is 0.462 e. The number of hydrogen-bond donors (Lipinski definition) is 1. The van der Waals surface area contributed by atoms with Crippen molar-refractivity contribution >= 4 is 45.1 Å². The Kier molecular flexibility index (Phi) is 7.60. The number of nitrogens with zero attached hydrogens (tertiary/aromatic N) is 2. The SMILES string of the molecule is CCOC(=O)c1cccc(NC(=O)Cn2cnc3sc(C(=O)OC4CCCCC4)c(C)c3c2=O)c1. The average molecular weight is 498 g/mol. The van der Waals surface area contributed by atoms with Crippen LogP contribution >= 0.6 is 11.3 Å². The second-order valence-corrected chi connectivity index (χ2v) is 9.43. The molecule has 3 aromatic rings. The van der Waals surface area contributed by atoms with E-state index >= 15 is 0 Å². The molecular weight excluding hydrogens is 470 g/mol. The Bertz CT molecular complexity index is 1320. The fourth-order valence-electron chi connectivity index (χ4n) is 4.15. The summed E-state index contributed by atoms with van der Waals surface area (Å²) in [7, 11) is 0. The first kappa shape index (κ1) is 24.6. The van der Waals surface area contributed by atoms with Gasteiger partial charge in [0.15, 0.2) is 0 Å². The summed E-state index contributed by atoms with van der Waals surface area (Å²) in [6.07, 6.45) is 6.18. The van der Waals surface area contributed by atoms with Crippen LogP contribution in [0.3, 0.4) is 0 Å². The molecular formula is C25H27N3O6S. The maximum Gasteiger partial charge on any atom is 0.348 e. The number of benzene rings is 1. The summed E-state index contributed by atoms with van der Waals surface area (Å²) in [6, 6.07) is 6.36. The highest BCUT2D eigenvalue weighted by Crippen LogP contribution is 2.29. The Balaban J connectivity index is 1.50. The lowest BCUT2D eigenvalue weighted by Crippen LogP contribution is -2.28.